The maximum Gasteiger partial charge on any atom is 0.257 e. The average molecular weight is 328 g/mol. The van der Waals surface area contributed by atoms with Gasteiger partial charge in [-0.2, -0.15) is 5.10 Å². The maximum absolute atomic E-state index is 13.1. The average Bonchev–Trinajstić information content (AvgIpc) is 2.99. The van der Waals surface area contributed by atoms with E-state index in [0.717, 1.165) is 11.5 Å². The molecule has 1 aliphatic rings. The van der Waals surface area contributed by atoms with E-state index in [1.54, 1.807) is 17.1 Å². The van der Waals surface area contributed by atoms with Crippen LogP contribution in [0.25, 0.3) is 5.82 Å². The highest BCUT2D eigenvalue weighted by molar-refractivity contribution is 5.95. The Bertz CT molecular complexity index is 701. The van der Waals surface area contributed by atoms with Crippen LogP contribution in [-0.4, -0.2) is 50.9 Å². The standard InChI is InChI=1S/C18H24N4O2/c1-12(2)17-15(9-20-22(17)16-7-5-6-8-19-16)18(23)21-10-13(3)24-14(4)11-21/h5-9,12-14H,10-11H2,1-4H3/t13-,14-/m1/s1. The summed E-state index contributed by atoms with van der Waals surface area (Å²) in [4.78, 5) is 19.3. The minimum absolute atomic E-state index is 0.0166. The van der Waals surface area contributed by atoms with Gasteiger partial charge in [-0.3, -0.25) is 4.79 Å². The van der Waals surface area contributed by atoms with Gasteiger partial charge in [0.25, 0.3) is 5.91 Å². The summed E-state index contributed by atoms with van der Waals surface area (Å²) in [6.45, 7) is 9.34. The normalized spacial score (nSPS) is 21.3. The van der Waals surface area contributed by atoms with Crippen LogP contribution in [0.1, 0.15) is 49.7 Å². The number of aromatic nitrogens is 3. The lowest BCUT2D eigenvalue weighted by molar-refractivity contribution is -0.0586. The Labute approximate surface area is 142 Å². The Kier molecular flexibility index (Phi) is 4.66. The van der Waals surface area contributed by atoms with Gasteiger partial charge in [0.15, 0.2) is 5.82 Å². The van der Waals surface area contributed by atoms with Crippen LogP contribution in [0.4, 0.5) is 0 Å². The predicted molar refractivity (Wildman–Crippen MR) is 91.4 cm³/mol. The first-order valence-electron chi connectivity index (χ1n) is 8.41. The van der Waals surface area contributed by atoms with Crippen LogP contribution in [-0.2, 0) is 4.74 Å². The highest BCUT2D eigenvalue weighted by Crippen LogP contribution is 2.24. The molecule has 128 valence electrons. The molecular weight excluding hydrogens is 304 g/mol. The molecule has 1 saturated heterocycles. The number of morpholine rings is 1. The highest BCUT2D eigenvalue weighted by atomic mass is 16.5. The van der Waals surface area contributed by atoms with Gasteiger partial charge in [0.1, 0.15) is 0 Å². The number of nitrogens with zero attached hydrogens (tertiary/aromatic N) is 4. The number of ether oxygens (including phenoxy) is 1. The quantitative estimate of drug-likeness (QED) is 0.869. The minimum Gasteiger partial charge on any atom is -0.372 e. The monoisotopic (exact) mass is 328 g/mol. The second kappa shape index (κ2) is 6.73. The molecule has 0 bridgehead atoms. The summed E-state index contributed by atoms with van der Waals surface area (Å²) in [5, 5.41) is 4.44. The van der Waals surface area contributed by atoms with Gasteiger partial charge in [-0.05, 0) is 31.9 Å². The lowest BCUT2D eigenvalue weighted by Crippen LogP contribution is -2.48. The summed E-state index contributed by atoms with van der Waals surface area (Å²) in [5.41, 5.74) is 1.54. The van der Waals surface area contributed by atoms with Crippen LogP contribution < -0.4 is 0 Å². The molecule has 24 heavy (non-hydrogen) atoms. The number of carbonyl (C=O) groups excluding carboxylic acids is 1. The highest BCUT2D eigenvalue weighted by Gasteiger charge is 2.30. The van der Waals surface area contributed by atoms with Crippen molar-refractivity contribution in [3.05, 3.63) is 41.9 Å². The summed E-state index contributed by atoms with van der Waals surface area (Å²) in [6, 6.07) is 5.68. The van der Waals surface area contributed by atoms with Gasteiger partial charge in [-0.15, -0.1) is 0 Å². The van der Waals surface area contributed by atoms with Crippen LogP contribution in [0, 0.1) is 0 Å². The second-order valence-corrected chi connectivity index (χ2v) is 6.67. The molecule has 2 atom stereocenters. The molecule has 0 N–H and O–H groups in total. The molecule has 0 spiro atoms. The van der Waals surface area contributed by atoms with Crippen LogP contribution in [0.5, 0.6) is 0 Å². The molecule has 1 aliphatic heterocycles. The molecule has 1 fully saturated rings. The predicted octanol–water partition coefficient (Wildman–Crippen LogP) is 2.64. The Hall–Kier alpha value is -2.21. The fourth-order valence-corrected chi connectivity index (χ4v) is 3.25. The molecule has 2 aromatic rings. The molecule has 0 radical (unpaired) electrons. The van der Waals surface area contributed by atoms with Crippen molar-refractivity contribution < 1.29 is 9.53 Å². The van der Waals surface area contributed by atoms with Gasteiger partial charge in [-0.25, -0.2) is 9.67 Å². The smallest absolute Gasteiger partial charge is 0.257 e. The summed E-state index contributed by atoms with van der Waals surface area (Å²) in [6.07, 6.45) is 3.49. The van der Waals surface area contributed by atoms with Gasteiger partial charge in [0.05, 0.1) is 29.7 Å². The number of rotatable bonds is 3. The molecule has 0 aliphatic carbocycles. The van der Waals surface area contributed by atoms with Crippen LogP contribution >= 0.6 is 0 Å². The second-order valence-electron chi connectivity index (χ2n) is 6.67. The van der Waals surface area contributed by atoms with Crippen LogP contribution in [0.2, 0.25) is 0 Å². The zero-order valence-electron chi connectivity index (χ0n) is 14.6. The zero-order chi connectivity index (χ0) is 17.3. The van der Waals surface area contributed by atoms with Crippen molar-refractivity contribution in [2.75, 3.05) is 13.1 Å². The van der Waals surface area contributed by atoms with Gasteiger partial charge in [-0.1, -0.05) is 19.9 Å². The fourth-order valence-electron chi connectivity index (χ4n) is 3.25. The van der Waals surface area contributed by atoms with Crippen molar-refractivity contribution in [3.8, 4) is 5.82 Å². The topological polar surface area (TPSA) is 60.3 Å². The van der Waals surface area contributed by atoms with Crippen molar-refractivity contribution in [3.63, 3.8) is 0 Å². The van der Waals surface area contributed by atoms with E-state index in [4.69, 9.17) is 4.74 Å². The van der Waals surface area contributed by atoms with E-state index in [1.165, 1.54) is 0 Å². The first-order valence-corrected chi connectivity index (χ1v) is 8.41. The van der Waals surface area contributed by atoms with E-state index < -0.39 is 0 Å². The molecule has 6 nitrogen and oxygen atoms in total. The van der Waals surface area contributed by atoms with Crippen molar-refractivity contribution in [2.45, 2.75) is 45.8 Å². The van der Waals surface area contributed by atoms with E-state index in [0.29, 0.717) is 18.7 Å². The van der Waals surface area contributed by atoms with E-state index in [1.807, 2.05) is 36.9 Å². The molecule has 0 saturated carbocycles. The number of amides is 1. The van der Waals surface area contributed by atoms with Gasteiger partial charge in [0.2, 0.25) is 0 Å². The first kappa shape index (κ1) is 16.6. The summed E-state index contributed by atoms with van der Waals surface area (Å²) < 4.78 is 7.50. The van der Waals surface area contributed by atoms with Crippen LogP contribution in [0.3, 0.4) is 0 Å². The lowest BCUT2D eigenvalue weighted by atomic mass is 10.0. The molecule has 1 amide bonds. The molecule has 0 aromatic carbocycles. The largest absolute Gasteiger partial charge is 0.372 e. The third kappa shape index (κ3) is 3.19. The van der Waals surface area contributed by atoms with E-state index in [2.05, 4.69) is 23.9 Å². The van der Waals surface area contributed by atoms with E-state index in [-0.39, 0.29) is 24.0 Å². The Morgan fingerprint density at radius 1 is 1.25 bits per heavy atom. The van der Waals surface area contributed by atoms with Crippen molar-refractivity contribution >= 4 is 5.91 Å². The molecule has 0 unspecified atom stereocenters. The molecule has 2 aromatic heterocycles. The third-order valence-corrected chi connectivity index (χ3v) is 4.16. The van der Waals surface area contributed by atoms with Crippen LogP contribution in [0.15, 0.2) is 30.6 Å². The Morgan fingerprint density at radius 3 is 2.54 bits per heavy atom. The van der Waals surface area contributed by atoms with Gasteiger partial charge < -0.3 is 9.64 Å². The van der Waals surface area contributed by atoms with E-state index in [9.17, 15) is 4.79 Å². The molecular formula is C18H24N4O2. The van der Waals surface area contributed by atoms with Crippen molar-refractivity contribution in [1.82, 2.24) is 19.7 Å². The van der Waals surface area contributed by atoms with Gasteiger partial charge >= 0.3 is 0 Å². The summed E-state index contributed by atoms with van der Waals surface area (Å²) in [5.74, 6) is 0.899. The third-order valence-electron chi connectivity index (χ3n) is 4.16. The van der Waals surface area contributed by atoms with Gasteiger partial charge in [0, 0.05) is 19.3 Å². The van der Waals surface area contributed by atoms with Crippen molar-refractivity contribution in [2.24, 2.45) is 0 Å². The minimum atomic E-state index is 0.0166. The number of hydrogen-bond donors (Lipinski definition) is 0. The van der Waals surface area contributed by atoms with Crippen molar-refractivity contribution in [1.29, 1.82) is 0 Å². The zero-order valence-corrected chi connectivity index (χ0v) is 14.6. The lowest BCUT2D eigenvalue weighted by Gasteiger charge is -2.35. The number of hydrogen-bond acceptors (Lipinski definition) is 4. The molecule has 6 heteroatoms. The number of pyridine rings is 1. The fraction of sp³-hybridized carbons (Fsp3) is 0.500. The number of carbonyl (C=O) groups is 1. The summed E-state index contributed by atoms with van der Waals surface area (Å²) >= 11 is 0. The Balaban J connectivity index is 1.96. The molecule has 3 rings (SSSR count). The SMILES string of the molecule is CC(C)c1c(C(=O)N2C[C@@H](C)O[C@H](C)C2)cnn1-c1ccccn1. The molecule has 3 heterocycles. The summed E-state index contributed by atoms with van der Waals surface area (Å²) in [7, 11) is 0. The maximum atomic E-state index is 13.1. The van der Waals surface area contributed by atoms with E-state index >= 15 is 0 Å². The Morgan fingerprint density at radius 2 is 1.96 bits per heavy atom. The first-order chi connectivity index (χ1) is 11.5.